The van der Waals surface area contributed by atoms with E-state index in [-0.39, 0.29) is 0 Å². The van der Waals surface area contributed by atoms with Crippen LogP contribution in [-0.4, -0.2) is 0 Å². The van der Waals surface area contributed by atoms with Crippen LogP contribution in [-0.2, 0) is 12.6 Å². The molecule has 1 aromatic carbocycles. The van der Waals surface area contributed by atoms with Gasteiger partial charge in [-0.15, -0.1) is 0 Å². The minimum atomic E-state index is -4.29. The molecule has 0 bridgehead atoms. The number of allylic oxidation sites excluding steroid dienone is 4. The van der Waals surface area contributed by atoms with Gasteiger partial charge in [0, 0.05) is 0 Å². The van der Waals surface area contributed by atoms with Crippen LogP contribution in [0.4, 0.5) is 13.2 Å². The Bertz CT molecular complexity index is 620. The SMILES string of the molecule is C/C1=C/[C@@H](C)C/C(Cc2ccc(C)cc2C(F)(F)F)=C\C[C@H]1C. The molecular weight excluding hydrogens is 297 g/mol. The Morgan fingerprint density at radius 2 is 1.83 bits per heavy atom. The number of benzene rings is 1. The molecule has 1 aliphatic rings. The molecule has 0 radical (unpaired) electrons. The zero-order valence-electron chi connectivity index (χ0n) is 14.3. The maximum atomic E-state index is 13.3. The largest absolute Gasteiger partial charge is 0.416 e. The van der Waals surface area contributed by atoms with Gasteiger partial charge in [-0.25, -0.2) is 0 Å². The molecular formula is C20H25F3. The highest BCUT2D eigenvalue weighted by Crippen LogP contribution is 2.35. The van der Waals surface area contributed by atoms with Crippen LogP contribution in [0.25, 0.3) is 0 Å². The van der Waals surface area contributed by atoms with Crippen molar-refractivity contribution in [3.63, 3.8) is 0 Å². The number of alkyl halides is 3. The highest BCUT2D eigenvalue weighted by molar-refractivity contribution is 5.37. The van der Waals surface area contributed by atoms with Crippen molar-refractivity contribution in [3.05, 3.63) is 58.2 Å². The molecule has 0 saturated heterocycles. The first-order valence-electron chi connectivity index (χ1n) is 8.19. The standard InChI is InChI=1S/C20H25F3/c1-13-5-8-18(19(11-13)20(21,22)23)12-17-7-6-15(3)16(4)9-14(2)10-17/h5,7-9,11,14-15H,6,10,12H2,1-4H3/b16-9-,17-7+/t14-,15-/m1/s1. The Labute approximate surface area is 137 Å². The van der Waals surface area contributed by atoms with Gasteiger partial charge in [-0.3, -0.25) is 0 Å². The van der Waals surface area contributed by atoms with Gasteiger partial charge in [0.05, 0.1) is 5.56 Å². The van der Waals surface area contributed by atoms with Gasteiger partial charge < -0.3 is 0 Å². The fourth-order valence-electron chi connectivity index (χ4n) is 3.20. The summed E-state index contributed by atoms with van der Waals surface area (Å²) in [4.78, 5) is 0. The van der Waals surface area contributed by atoms with Gasteiger partial charge in [0.25, 0.3) is 0 Å². The van der Waals surface area contributed by atoms with Crippen LogP contribution >= 0.6 is 0 Å². The Kier molecular flexibility index (Phi) is 5.38. The fraction of sp³-hybridized carbons (Fsp3) is 0.500. The lowest BCUT2D eigenvalue weighted by molar-refractivity contribution is -0.138. The van der Waals surface area contributed by atoms with Gasteiger partial charge in [0.1, 0.15) is 0 Å². The maximum absolute atomic E-state index is 13.3. The van der Waals surface area contributed by atoms with E-state index in [1.165, 1.54) is 11.6 Å². The average Bonchev–Trinajstić information content (AvgIpc) is 2.43. The smallest absolute Gasteiger partial charge is 0.166 e. The van der Waals surface area contributed by atoms with Crippen molar-refractivity contribution in [2.45, 2.75) is 53.1 Å². The van der Waals surface area contributed by atoms with Gasteiger partial charge >= 0.3 is 6.18 Å². The number of rotatable bonds is 2. The summed E-state index contributed by atoms with van der Waals surface area (Å²) in [5.74, 6) is 0.816. The zero-order valence-corrected chi connectivity index (χ0v) is 14.3. The third-order valence-corrected chi connectivity index (χ3v) is 4.66. The van der Waals surface area contributed by atoms with E-state index in [9.17, 15) is 13.2 Å². The summed E-state index contributed by atoms with van der Waals surface area (Å²) in [6, 6.07) is 4.66. The second-order valence-electron chi connectivity index (χ2n) is 6.93. The lowest BCUT2D eigenvalue weighted by Gasteiger charge is -2.21. The second-order valence-corrected chi connectivity index (χ2v) is 6.93. The summed E-state index contributed by atoms with van der Waals surface area (Å²) in [6.07, 6.45) is 2.24. The minimum absolute atomic E-state index is 0.365. The van der Waals surface area contributed by atoms with E-state index in [0.717, 1.165) is 18.4 Å². The van der Waals surface area contributed by atoms with Gasteiger partial charge in [-0.1, -0.05) is 54.8 Å². The first-order chi connectivity index (χ1) is 10.7. The Morgan fingerprint density at radius 1 is 1.13 bits per heavy atom. The Hall–Kier alpha value is -1.51. The highest BCUT2D eigenvalue weighted by Gasteiger charge is 2.33. The summed E-state index contributed by atoms with van der Waals surface area (Å²) >= 11 is 0. The average molecular weight is 322 g/mol. The Balaban J connectivity index is 2.29. The first-order valence-corrected chi connectivity index (χ1v) is 8.19. The molecule has 1 aromatic rings. The summed E-state index contributed by atoms with van der Waals surface area (Å²) < 4.78 is 39.9. The van der Waals surface area contributed by atoms with E-state index < -0.39 is 11.7 Å². The van der Waals surface area contributed by atoms with E-state index in [1.54, 1.807) is 19.1 Å². The summed E-state index contributed by atoms with van der Waals surface area (Å²) in [5.41, 5.74) is 3.03. The number of hydrogen-bond acceptors (Lipinski definition) is 0. The molecule has 0 aromatic heterocycles. The normalized spacial score (nSPS) is 27.4. The number of aryl methyl sites for hydroxylation is 1. The lowest BCUT2D eigenvalue weighted by Crippen LogP contribution is -2.11. The van der Waals surface area contributed by atoms with Crippen LogP contribution < -0.4 is 0 Å². The lowest BCUT2D eigenvalue weighted by atomic mass is 9.85. The van der Waals surface area contributed by atoms with Gasteiger partial charge in [0.15, 0.2) is 0 Å². The zero-order chi connectivity index (χ0) is 17.2. The van der Waals surface area contributed by atoms with Crippen molar-refractivity contribution in [1.82, 2.24) is 0 Å². The van der Waals surface area contributed by atoms with Crippen molar-refractivity contribution in [3.8, 4) is 0 Å². The van der Waals surface area contributed by atoms with Gasteiger partial charge in [-0.2, -0.15) is 13.2 Å². The molecule has 0 unspecified atom stereocenters. The van der Waals surface area contributed by atoms with E-state index in [2.05, 4.69) is 32.9 Å². The van der Waals surface area contributed by atoms with Crippen LogP contribution in [0, 0.1) is 18.8 Å². The summed E-state index contributed by atoms with van der Waals surface area (Å²) in [5, 5.41) is 0. The quantitative estimate of drug-likeness (QED) is 0.545. The van der Waals surface area contributed by atoms with Gasteiger partial charge in [0.2, 0.25) is 0 Å². The highest BCUT2D eigenvalue weighted by atomic mass is 19.4. The molecule has 3 heteroatoms. The van der Waals surface area contributed by atoms with Crippen LogP contribution in [0.1, 0.15) is 50.3 Å². The molecule has 0 aliphatic heterocycles. The Morgan fingerprint density at radius 3 is 2.48 bits per heavy atom. The van der Waals surface area contributed by atoms with Crippen molar-refractivity contribution in [2.24, 2.45) is 11.8 Å². The monoisotopic (exact) mass is 322 g/mol. The molecule has 0 saturated carbocycles. The van der Waals surface area contributed by atoms with Crippen LogP contribution in [0.2, 0.25) is 0 Å². The molecule has 1 aliphatic carbocycles. The predicted molar refractivity (Wildman–Crippen MR) is 89.3 cm³/mol. The second kappa shape index (κ2) is 6.94. The molecule has 23 heavy (non-hydrogen) atoms. The van der Waals surface area contributed by atoms with E-state index in [0.29, 0.717) is 29.4 Å². The molecule has 0 nitrogen and oxygen atoms in total. The molecule has 2 rings (SSSR count). The number of halogens is 3. The predicted octanol–water partition coefficient (Wildman–Crippen LogP) is 6.50. The minimum Gasteiger partial charge on any atom is -0.166 e. The fourth-order valence-corrected chi connectivity index (χ4v) is 3.20. The summed E-state index contributed by atoms with van der Waals surface area (Å²) in [6.45, 7) is 8.15. The van der Waals surface area contributed by atoms with E-state index >= 15 is 0 Å². The van der Waals surface area contributed by atoms with E-state index in [4.69, 9.17) is 0 Å². The molecule has 126 valence electrons. The molecule has 0 amide bonds. The van der Waals surface area contributed by atoms with Crippen molar-refractivity contribution >= 4 is 0 Å². The van der Waals surface area contributed by atoms with Gasteiger partial charge in [-0.05, 0) is 56.6 Å². The summed E-state index contributed by atoms with van der Waals surface area (Å²) in [7, 11) is 0. The molecule has 0 heterocycles. The van der Waals surface area contributed by atoms with Crippen molar-refractivity contribution in [2.75, 3.05) is 0 Å². The maximum Gasteiger partial charge on any atom is 0.416 e. The molecule has 0 spiro atoms. The van der Waals surface area contributed by atoms with Crippen LogP contribution in [0.3, 0.4) is 0 Å². The molecule has 2 atom stereocenters. The van der Waals surface area contributed by atoms with Crippen LogP contribution in [0.15, 0.2) is 41.5 Å². The van der Waals surface area contributed by atoms with E-state index in [1.807, 2.05) is 0 Å². The molecule has 0 N–H and O–H groups in total. The topological polar surface area (TPSA) is 0 Å². The van der Waals surface area contributed by atoms with Crippen molar-refractivity contribution in [1.29, 1.82) is 0 Å². The third-order valence-electron chi connectivity index (χ3n) is 4.66. The van der Waals surface area contributed by atoms with Crippen LogP contribution in [0.5, 0.6) is 0 Å². The molecule has 0 fully saturated rings. The first kappa shape index (κ1) is 17.8. The van der Waals surface area contributed by atoms with Crippen molar-refractivity contribution < 1.29 is 13.2 Å². The third kappa shape index (κ3) is 4.73. The number of hydrogen-bond donors (Lipinski definition) is 0.